The summed E-state index contributed by atoms with van der Waals surface area (Å²) in [6.07, 6.45) is -1.34. The molecular formula is C13H13F2NO4S. The van der Waals surface area contributed by atoms with Crippen molar-refractivity contribution >= 4 is 29.3 Å². The van der Waals surface area contributed by atoms with E-state index in [0.717, 1.165) is 0 Å². The van der Waals surface area contributed by atoms with Crippen molar-refractivity contribution in [2.45, 2.75) is 35.7 Å². The molecule has 0 bridgehead atoms. The quantitative estimate of drug-likeness (QED) is 0.816. The van der Waals surface area contributed by atoms with Crippen LogP contribution in [0.25, 0.3) is 0 Å². The maximum Gasteiger partial charge on any atom is 0.332 e. The smallest absolute Gasteiger partial charge is 0.332 e. The van der Waals surface area contributed by atoms with Gasteiger partial charge in [-0.05, 0) is 25.0 Å². The second-order valence-corrected chi connectivity index (χ2v) is 5.42. The average Bonchev–Trinajstić information content (AvgIpc) is 2.90. The summed E-state index contributed by atoms with van der Waals surface area (Å²) in [5.74, 6) is -4.23. The largest absolute Gasteiger partial charge is 0.479 e. The lowest BCUT2D eigenvalue weighted by molar-refractivity contribution is -0.150. The summed E-state index contributed by atoms with van der Waals surface area (Å²) in [5, 5.41) is 11.3. The summed E-state index contributed by atoms with van der Waals surface area (Å²) in [6, 6.07) is 6.18. The Balaban J connectivity index is 2.02. The molecule has 0 aromatic heterocycles. The minimum Gasteiger partial charge on any atom is -0.479 e. The number of hydrogen-bond donors (Lipinski definition) is 2. The van der Waals surface area contributed by atoms with E-state index < -0.39 is 29.8 Å². The maximum absolute atomic E-state index is 12.4. The highest BCUT2D eigenvalue weighted by atomic mass is 32.2. The number of thioether (sulfide) groups is 1. The van der Waals surface area contributed by atoms with E-state index in [4.69, 9.17) is 9.84 Å². The van der Waals surface area contributed by atoms with Crippen LogP contribution < -0.4 is 5.32 Å². The molecule has 2 N–H and O–H groups in total. The molecule has 5 nitrogen and oxygen atoms in total. The van der Waals surface area contributed by atoms with Crippen LogP contribution in [0.2, 0.25) is 0 Å². The van der Waals surface area contributed by atoms with Crippen molar-refractivity contribution in [1.29, 1.82) is 0 Å². The molecule has 114 valence electrons. The van der Waals surface area contributed by atoms with E-state index in [0.29, 0.717) is 11.8 Å². The first-order chi connectivity index (χ1) is 9.97. The fourth-order valence-corrected chi connectivity index (χ4v) is 2.59. The highest BCUT2D eigenvalue weighted by Crippen LogP contribution is 2.32. The van der Waals surface area contributed by atoms with Crippen LogP contribution in [-0.2, 0) is 14.3 Å². The van der Waals surface area contributed by atoms with Crippen LogP contribution in [0.3, 0.4) is 0 Å². The molecule has 2 atom stereocenters. The number of nitrogens with one attached hydrogen (secondary N) is 1. The first-order valence-electron chi connectivity index (χ1n) is 6.20. The Morgan fingerprint density at radius 1 is 1.29 bits per heavy atom. The Bertz CT molecular complexity index is 541. The fraction of sp³-hybridized carbons (Fsp3) is 0.385. The Hall–Kier alpha value is -1.67. The SMILES string of the molecule is O=C(Nc1ccccc1SC(F)F)[C@@H]1CC[C@H](C(=O)O)O1. The van der Waals surface area contributed by atoms with Crippen molar-refractivity contribution in [2.75, 3.05) is 5.32 Å². The van der Waals surface area contributed by atoms with E-state index in [2.05, 4.69) is 5.32 Å². The van der Waals surface area contributed by atoms with Crippen LogP contribution in [0.1, 0.15) is 12.8 Å². The molecule has 0 saturated carbocycles. The average molecular weight is 317 g/mol. The van der Waals surface area contributed by atoms with E-state index in [1.165, 1.54) is 12.1 Å². The maximum atomic E-state index is 12.4. The Morgan fingerprint density at radius 3 is 2.57 bits per heavy atom. The van der Waals surface area contributed by atoms with Gasteiger partial charge in [0, 0.05) is 4.90 Å². The lowest BCUT2D eigenvalue weighted by atomic mass is 10.2. The van der Waals surface area contributed by atoms with Gasteiger partial charge in [-0.2, -0.15) is 8.78 Å². The first kappa shape index (κ1) is 15.7. The predicted octanol–water partition coefficient (Wildman–Crippen LogP) is 2.57. The third kappa shape index (κ3) is 4.15. The highest BCUT2D eigenvalue weighted by molar-refractivity contribution is 7.99. The molecule has 1 aliphatic heterocycles. The van der Waals surface area contributed by atoms with Crippen LogP contribution in [0.4, 0.5) is 14.5 Å². The Morgan fingerprint density at radius 2 is 1.95 bits per heavy atom. The molecule has 1 fully saturated rings. The monoisotopic (exact) mass is 317 g/mol. The van der Waals surface area contributed by atoms with Gasteiger partial charge in [0.2, 0.25) is 0 Å². The van der Waals surface area contributed by atoms with E-state index in [1.54, 1.807) is 12.1 Å². The number of ether oxygens (including phenoxy) is 1. The number of halogens is 2. The van der Waals surface area contributed by atoms with Gasteiger partial charge < -0.3 is 15.2 Å². The van der Waals surface area contributed by atoms with Gasteiger partial charge in [0.1, 0.15) is 6.10 Å². The molecule has 1 aromatic carbocycles. The molecule has 0 spiro atoms. The number of anilines is 1. The minimum absolute atomic E-state index is 0.244. The Kier molecular flexibility index (Phi) is 5.13. The number of alkyl halides is 2. The third-order valence-corrected chi connectivity index (χ3v) is 3.74. The first-order valence-corrected chi connectivity index (χ1v) is 7.08. The molecule has 1 aliphatic rings. The van der Waals surface area contributed by atoms with Crippen molar-refractivity contribution in [3.63, 3.8) is 0 Å². The van der Waals surface area contributed by atoms with Crippen LogP contribution in [-0.4, -0.2) is 34.9 Å². The fourth-order valence-electron chi connectivity index (χ4n) is 1.99. The molecule has 0 unspecified atom stereocenters. The number of carboxylic acids is 1. The highest BCUT2D eigenvalue weighted by Gasteiger charge is 2.34. The third-order valence-electron chi connectivity index (χ3n) is 2.95. The number of benzene rings is 1. The Labute approximate surface area is 123 Å². The van der Waals surface area contributed by atoms with Gasteiger partial charge in [-0.25, -0.2) is 4.79 Å². The van der Waals surface area contributed by atoms with Gasteiger partial charge >= 0.3 is 5.97 Å². The number of aliphatic carboxylic acids is 1. The normalized spacial score (nSPS) is 21.5. The van der Waals surface area contributed by atoms with E-state index >= 15 is 0 Å². The second kappa shape index (κ2) is 6.86. The molecule has 8 heteroatoms. The zero-order valence-corrected chi connectivity index (χ0v) is 11.6. The molecule has 0 radical (unpaired) electrons. The van der Waals surface area contributed by atoms with Crippen LogP contribution in [0, 0.1) is 0 Å². The van der Waals surface area contributed by atoms with E-state index in [1.807, 2.05) is 0 Å². The summed E-state index contributed by atoms with van der Waals surface area (Å²) >= 11 is 0.332. The summed E-state index contributed by atoms with van der Waals surface area (Å²) in [4.78, 5) is 23.0. The van der Waals surface area contributed by atoms with Crippen LogP contribution >= 0.6 is 11.8 Å². The number of amides is 1. The number of para-hydroxylation sites is 1. The molecule has 1 saturated heterocycles. The van der Waals surface area contributed by atoms with Gasteiger partial charge in [0.15, 0.2) is 6.10 Å². The zero-order chi connectivity index (χ0) is 15.4. The van der Waals surface area contributed by atoms with E-state index in [9.17, 15) is 18.4 Å². The second-order valence-electron chi connectivity index (χ2n) is 4.39. The topological polar surface area (TPSA) is 75.6 Å². The van der Waals surface area contributed by atoms with Crippen LogP contribution in [0.5, 0.6) is 0 Å². The summed E-state index contributed by atoms with van der Waals surface area (Å²) < 4.78 is 30.0. The van der Waals surface area contributed by atoms with Crippen LogP contribution in [0.15, 0.2) is 29.2 Å². The van der Waals surface area contributed by atoms with Crippen molar-refractivity contribution in [3.05, 3.63) is 24.3 Å². The number of carbonyl (C=O) groups is 2. The molecule has 21 heavy (non-hydrogen) atoms. The van der Waals surface area contributed by atoms with Gasteiger partial charge in [-0.3, -0.25) is 4.79 Å². The number of carbonyl (C=O) groups excluding carboxylic acids is 1. The van der Waals surface area contributed by atoms with Gasteiger partial charge in [-0.1, -0.05) is 23.9 Å². The molecular weight excluding hydrogens is 304 g/mol. The zero-order valence-electron chi connectivity index (χ0n) is 10.8. The summed E-state index contributed by atoms with van der Waals surface area (Å²) in [7, 11) is 0. The standard InChI is InChI=1S/C13H13F2NO4S/c14-13(15)21-10-4-2-1-3-7(10)16-11(17)8-5-6-9(20-8)12(18)19/h1-4,8-9,13H,5-6H2,(H,16,17)(H,18,19)/t8-,9+/m0/s1. The van der Waals surface area contributed by atoms with Crippen molar-refractivity contribution < 1.29 is 28.2 Å². The van der Waals surface area contributed by atoms with Crippen molar-refractivity contribution in [3.8, 4) is 0 Å². The molecule has 1 aromatic rings. The van der Waals surface area contributed by atoms with Crippen molar-refractivity contribution in [2.24, 2.45) is 0 Å². The summed E-state index contributed by atoms with van der Waals surface area (Å²) in [6.45, 7) is 0. The lowest BCUT2D eigenvalue weighted by Crippen LogP contribution is -2.30. The van der Waals surface area contributed by atoms with E-state index in [-0.39, 0.29) is 23.4 Å². The molecule has 2 rings (SSSR count). The van der Waals surface area contributed by atoms with Crippen molar-refractivity contribution in [1.82, 2.24) is 0 Å². The number of carboxylic acid groups (broad SMARTS) is 1. The number of rotatable bonds is 5. The lowest BCUT2D eigenvalue weighted by Gasteiger charge is -2.14. The minimum atomic E-state index is -2.60. The summed E-state index contributed by atoms with van der Waals surface area (Å²) in [5.41, 5.74) is 0.259. The van der Waals surface area contributed by atoms with Gasteiger partial charge in [0.05, 0.1) is 5.69 Å². The number of hydrogen-bond acceptors (Lipinski definition) is 4. The molecule has 1 heterocycles. The molecule has 0 aliphatic carbocycles. The van der Waals surface area contributed by atoms with Gasteiger partial charge in [-0.15, -0.1) is 0 Å². The van der Waals surface area contributed by atoms with Gasteiger partial charge in [0.25, 0.3) is 11.7 Å². The predicted molar refractivity (Wildman–Crippen MR) is 72.5 cm³/mol. The molecule has 1 amide bonds.